The Balaban J connectivity index is 3.49. The molecule has 0 aromatic carbocycles. The molecule has 0 N–H and O–H groups in total. The molecule has 0 bridgehead atoms. The summed E-state index contributed by atoms with van der Waals surface area (Å²) in [4.78, 5) is 11.3. The van der Waals surface area contributed by atoms with Gasteiger partial charge in [0, 0.05) is 12.2 Å². The summed E-state index contributed by atoms with van der Waals surface area (Å²) in [6.07, 6.45) is 29.2. The van der Waals surface area contributed by atoms with E-state index in [-0.39, 0.29) is 5.97 Å². The van der Waals surface area contributed by atoms with Crippen molar-refractivity contribution in [3.05, 3.63) is 60.8 Å². The average molecular weight is 363 g/mol. The first-order valence-electron chi connectivity index (χ1n) is 9.32. The summed E-state index contributed by atoms with van der Waals surface area (Å²) in [5, 5.41) is 0. The number of ether oxygens (including phenoxy) is 1. The Bertz CT molecular complexity index is 445. The van der Waals surface area contributed by atoms with Gasteiger partial charge in [-0.3, -0.25) is 4.79 Å². The number of hydrogen-bond donors (Lipinski definition) is 1. The van der Waals surface area contributed by atoms with Gasteiger partial charge in [0.2, 0.25) is 0 Å². The molecule has 0 spiro atoms. The number of hydrogen-bond acceptors (Lipinski definition) is 3. The molecule has 0 saturated heterocycles. The Hall–Kier alpha value is -1.48. The van der Waals surface area contributed by atoms with Gasteiger partial charge in [-0.25, -0.2) is 0 Å². The maximum Gasteiger partial charge on any atom is 0.305 e. The van der Waals surface area contributed by atoms with Gasteiger partial charge in [-0.15, -0.1) is 0 Å². The third-order valence-electron chi connectivity index (χ3n) is 3.26. The predicted octanol–water partition coefficient (Wildman–Crippen LogP) is 6.38. The minimum absolute atomic E-state index is 0.124. The molecule has 0 saturated carbocycles. The van der Waals surface area contributed by atoms with Crippen LogP contribution in [0.25, 0.3) is 0 Å². The maximum absolute atomic E-state index is 11.3. The first-order valence-corrected chi connectivity index (χ1v) is 9.96. The molecule has 25 heavy (non-hydrogen) atoms. The molecule has 0 aliphatic carbocycles. The monoisotopic (exact) mass is 362 g/mol. The third-order valence-corrected chi connectivity index (χ3v) is 3.45. The van der Waals surface area contributed by atoms with E-state index in [0.717, 1.165) is 44.9 Å². The highest BCUT2D eigenvalue weighted by Crippen LogP contribution is 2.01. The summed E-state index contributed by atoms with van der Waals surface area (Å²) in [6.45, 7) is 2.56. The van der Waals surface area contributed by atoms with Crippen molar-refractivity contribution in [1.82, 2.24) is 0 Å². The highest BCUT2D eigenvalue weighted by molar-refractivity contribution is 7.80. The minimum atomic E-state index is -0.124. The zero-order chi connectivity index (χ0) is 18.4. The Morgan fingerprint density at radius 3 is 1.76 bits per heavy atom. The van der Waals surface area contributed by atoms with E-state index in [0.29, 0.717) is 18.8 Å². The van der Waals surface area contributed by atoms with Gasteiger partial charge in [-0.2, -0.15) is 12.6 Å². The molecular weight excluding hydrogens is 328 g/mol. The van der Waals surface area contributed by atoms with Crippen LogP contribution in [0.1, 0.15) is 58.3 Å². The van der Waals surface area contributed by atoms with Crippen molar-refractivity contribution in [2.24, 2.45) is 0 Å². The summed E-state index contributed by atoms with van der Waals surface area (Å²) in [5.41, 5.74) is 0. The van der Waals surface area contributed by atoms with Crippen molar-refractivity contribution in [2.45, 2.75) is 58.3 Å². The van der Waals surface area contributed by atoms with E-state index < -0.39 is 0 Å². The van der Waals surface area contributed by atoms with E-state index in [1.54, 1.807) is 0 Å². The molecule has 140 valence electrons. The molecule has 2 nitrogen and oxygen atoms in total. The highest BCUT2D eigenvalue weighted by atomic mass is 32.1. The number of allylic oxidation sites excluding steroid dienone is 10. The molecule has 0 atom stereocenters. The number of carbonyl (C=O) groups is 1. The minimum Gasteiger partial charge on any atom is -0.465 e. The first-order chi connectivity index (χ1) is 12.3. The van der Waals surface area contributed by atoms with Crippen LogP contribution in [0.4, 0.5) is 0 Å². The van der Waals surface area contributed by atoms with E-state index in [9.17, 15) is 4.79 Å². The number of thiol groups is 1. The SMILES string of the molecule is CC/C=C/C/C=C/C/C=C/C/C=C/C/C=C/CCCC(=O)OCCS. The van der Waals surface area contributed by atoms with Crippen LogP contribution in [0.2, 0.25) is 0 Å². The van der Waals surface area contributed by atoms with Crippen LogP contribution in [-0.2, 0) is 9.53 Å². The number of rotatable bonds is 15. The third kappa shape index (κ3) is 20.5. The second-order valence-electron chi connectivity index (χ2n) is 5.54. The molecule has 0 aliphatic rings. The van der Waals surface area contributed by atoms with Gasteiger partial charge < -0.3 is 4.74 Å². The zero-order valence-electron chi connectivity index (χ0n) is 15.6. The molecule has 0 aromatic heterocycles. The number of unbranched alkanes of at least 4 members (excludes halogenated alkanes) is 1. The molecule has 0 unspecified atom stereocenters. The summed E-state index contributed by atoms with van der Waals surface area (Å²) < 4.78 is 4.96. The van der Waals surface area contributed by atoms with Gasteiger partial charge >= 0.3 is 5.97 Å². The van der Waals surface area contributed by atoms with E-state index in [1.807, 2.05) is 0 Å². The fraction of sp³-hybridized carbons (Fsp3) is 0.500. The Morgan fingerprint density at radius 1 is 0.800 bits per heavy atom. The van der Waals surface area contributed by atoms with Gasteiger partial charge in [0.05, 0.1) is 0 Å². The first kappa shape index (κ1) is 23.5. The molecule has 0 rings (SSSR count). The molecule has 0 amide bonds. The maximum atomic E-state index is 11.3. The summed E-state index contributed by atoms with van der Waals surface area (Å²) in [6, 6.07) is 0. The average Bonchev–Trinajstić information content (AvgIpc) is 2.62. The topological polar surface area (TPSA) is 26.3 Å². The van der Waals surface area contributed by atoms with E-state index in [4.69, 9.17) is 4.74 Å². The quantitative estimate of drug-likeness (QED) is 0.158. The van der Waals surface area contributed by atoms with Gasteiger partial charge in [-0.05, 0) is 44.9 Å². The normalized spacial score (nSPS) is 12.6. The number of carbonyl (C=O) groups excluding carboxylic acids is 1. The smallest absolute Gasteiger partial charge is 0.305 e. The summed E-state index contributed by atoms with van der Waals surface area (Å²) in [7, 11) is 0. The van der Waals surface area contributed by atoms with Crippen molar-refractivity contribution in [3.63, 3.8) is 0 Å². The van der Waals surface area contributed by atoms with E-state index in [2.05, 4.69) is 80.3 Å². The molecule has 0 heterocycles. The van der Waals surface area contributed by atoms with Crippen LogP contribution in [0.15, 0.2) is 60.8 Å². The molecule has 0 aliphatic heterocycles. The second kappa shape index (κ2) is 20.6. The molecular formula is C22H34O2S. The van der Waals surface area contributed by atoms with Crippen molar-refractivity contribution in [3.8, 4) is 0 Å². The van der Waals surface area contributed by atoms with Crippen LogP contribution < -0.4 is 0 Å². The molecule has 0 aromatic rings. The fourth-order valence-corrected chi connectivity index (χ4v) is 2.06. The van der Waals surface area contributed by atoms with Gasteiger partial charge in [0.1, 0.15) is 6.61 Å². The van der Waals surface area contributed by atoms with Crippen LogP contribution in [-0.4, -0.2) is 18.3 Å². The van der Waals surface area contributed by atoms with Crippen molar-refractivity contribution < 1.29 is 9.53 Å². The predicted molar refractivity (Wildman–Crippen MR) is 113 cm³/mol. The van der Waals surface area contributed by atoms with Crippen molar-refractivity contribution >= 4 is 18.6 Å². The lowest BCUT2D eigenvalue weighted by Gasteiger charge is -2.00. The van der Waals surface area contributed by atoms with E-state index in [1.165, 1.54) is 0 Å². The lowest BCUT2D eigenvalue weighted by Crippen LogP contribution is -2.05. The molecule has 0 radical (unpaired) electrons. The van der Waals surface area contributed by atoms with Crippen molar-refractivity contribution in [1.29, 1.82) is 0 Å². The zero-order valence-corrected chi connectivity index (χ0v) is 16.5. The lowest BCUT2D eigenvalue weighted by atomic mass is 10.2. The standard InChI is InChI=1S/C22H34O2S/c1-2-3-4-5-6-7-8-9-10-11-12-13-14-15-16-17-18-19-22(23)24-20-21-25/h3-4,6-7,9-10,12-13,15-16,25H,2,5,8,11,14,17-21H2,1H3/b4-3+,7-6+,10-9+,13-12+,16-15+. The Kier molecular flexibility index (Phi) is 19.3. The van der Waals surface area contributed by atoms with Crippen LogP contribution in [0, 0.1) is 0 Å². The van der Waals surface area contributed by atoms with Crippen molar-refractivity contribution in [2.75, 3.05) is 12.4 Å². The fourth-order valence-electron chi connectivity index (χ4n) is 1.96. The highest BCUT2D eigenvalue weighted by Gasteiger charge is 1.99. The Morgan fingerprint density at radius 2 is 1.28 bits per heavy atom. The molecule has 3 heteroatoms. The van der Waals surface area contributed by atoms with Crippen LogP contribution in [0.5, 0.6) is 0 Å². The summed E-state index contributed by atoms with van der Waals surface area (Å²) in [5.74, 6) is 0.460. The van der Waals surface area contributed by atoms with Crippen LogP contribution in [0.3, 0.4) is 0 Å². The van der Waals surface area contributed by atoms with Gasteiger partial charge in [0.25, 0.3) is 0 Å². The Labute approximate surface area is 159 Å². The number of esters is 1. The van der Waals surface area contributed by atoms with Gasteiger partial charge in [-0.1, -0.05) is 67.7 Å². The van der Waals surface area contributed by atoms with E-state index >= 15 is 0 Å². The van der Waals surface area contributed by atoms with Gasteiger partial charge in [0.15, 0.2) is 0 Å². The summed E-state index contributed by atoms with van der Waals surface area (Å²) >= 11 is 4.00. The lowest BCUT2D eigenvalue weighted by molar-refractivity contribution is -0.143. The second-order valence-corrected chi connectivity index (χ2v) is 5.99. The van der Waals surface area contributed by atoms with Crippen LogP contribution >= 0.6 is 12.6 Å². The largest absolute Gasteiger partial charge is 0.465 e. The molecule has 0 fully saturated rings.